The lowest BCUT2D eigenvalue weighted by Gasteiger charge is -2.11. The summed E-state index contributed by atoms with van der Waals surface area (Å²) >= 11 is 2.13. The van der Waals surface area contributed by atoms with E-state index in [0.717, 1.165) is 3.57 Å². The summed E-state index contributed by atoms with van der Waals surface area (Å²) in [6.07, 6.45) is 0. The van der Waals surface area contributed by atoms with E-state index in [-0.39, 0.29) is 0 Å². The van der Waals surface area contributed by atoms with Crippen LogP contribution in [0.2, 0.25) is 0 Å². The number of benzene rings is 1. The molecule has 1 aromatic rings. The highest BCUT2D eigenvalue weighted by molar-refractivity contribution is 14.1. The number of carbonyl (C=O) groups is 2. The maximum atomic E-state index is 11.5. The summed E-state index contributed by atoms with van der Waals surface area (Å²) in [5.41, 5.74) is 0.406. The SMILES string of the molecule is CC(=O)N(N)C(=O)c1ccc(I)cc1. The highest BCUT2D eigenvalue weighted by atomic mass is 127. The topological polar surface area (TPSA) is 63.4 Å². The molecule has 0 aliphatic heterocycles. The van der Waals surface area contributed by atoms with E-state index in [1.807, 2.05) is 0 Å². The lowest BCUT2D eigenvalue weighted by Crippen LogP contribution is -2.41. The van der Waals surface area contributed by atoms with Crippen LogP contribution in [0.1, 0.15) is 17.3 Å². The largest absolute Gasteiger partial charge is 0.274 e. The summed E-state index contributed by atoms with van der Waals surface area (Å²) in [6, 6.07) is 6.82. The van der Waals surface area contributed by atoms with Crippen molar-refractivity contribution >= 4 is 34.4 Å². The van der Waals surface area contributed by atoms with Gasteiger partial charge in [-0.3, -0.25) is 9.59 Å². The van der Waals surface area contributed by atoms with Gasteiger partial charge in [-0.1, -0.05) is 0 Å². The molecule has 0 saturated heterocycles. The summed E-state index contributed by atoms with van der Waals surface area (Å²) in [4.78, 5) is 22.3. The first-order valence-electron chi connectivity index (χ1n) is 3.87. The number of halogens is 1. The van der Waals surface area contributed by atoms with Crippen molar-refractivity contribution in [1.82, 2.24) is 5.01 Å². The van der Waals surface area contributed by atoms with E-state index >= 15 is 0 Å². The van der Waals surface area contributed by atoms with Crippen LogP contribution in [0, 0.1) is 3.57 Å². The Balaban J connectivity index is 2.90. The van der Waals surface area contributed by atoms with Crippen molar-refractivity contribution in [2.75, 3.05) is 0 Å². The number of amides is 2. The van der Waals surface area contributed by atoms with Crippen LogP contribution in [0.4, 0.5) is 0 Å². The van der Waals surface area contributed by atoms with Gasteiger partial charge in [0.1, 0.15) is 0 Å². The van der Waals surface area contributed by atoms with Crippen LogP contribution in [0.3, 0.4) is 0 Å². The van der Waals surface area contributed by atoms with E-state index in [1.54, 1.807) is 24.3 Å². The number of hydrogen-bond acceptors (Lipinski definition) is 3. The number of carbonyl (C=O) groups excluding carboxylic acids is 2. The molecule has 0 aromatic heterocycles. The lowest BCUT2D eigenvalue weighted by atomic mass is 10.2. The lowest BCUT2D eigenvalue weighted by molar-refractivity contribution is -0.126. The molecule has 1 aromatic carbocycles. The first-order valence-corrected chi connectivity index (χ1v) is 4.95. The van der Waals surface area contributed by atoms with Gasteiger partial charge < -0.3 is 0 Å². The zero-order valence-corrected chi connectivity index (χ0v) is 9.69. The predicted octanol–water partition coefficient (Wildman–Crippen LogP) is 1.15. The maximum Gasteiger partial charge on any atom is 0.274 e. The van der Waals surface area contributed by atoms with Crippen molar-refractivity contribution in [1.29, 1.82) is 0 Å². The summed E-state index contributed by atoms with van der Waals surface area (Å²) in [7, 11) is 0. The second-order valence-electron chi connectivity index (χ2n) is 2.70. The fraction of sp³-hybridized carbons (Fsp3) is 0.111. The Morgan fingerprint density at radius 1 is 1.29 bits per heavy atom. The fourth-order valence-corrected chi connectivity index (χ4v) is 1.23. The molecule has 0 heterocycles. The van der Waals surface area contributed by atoms with Crippen LogP contribution >= 0.6 is 22.6 Å². The van der Waals surface area contributed by atoms with Crippen molar-refractivity contribution in [3.63, 3.8) is 0 Å². The van der Waals surface area contributed by atoms with Gasteiger partial charge in [-0.15, -0.1) is 0 Å². The molecule has 0 radical (unpaired) electrons. The Kier molecular flexibility index (Phi) is 3.59. The normalized spacial score (nSPS) is 9.64. The van der Waals surface area contributed by atoms with Crippen LogP contribution in [0.25, 0.3) is 0 Å². The van der Waals surface area contributed by atoms with Crippen LogP contribution in [0.15, 0.2) is 24.3 Å². The van der Waals surface area contributed by atoms with Crippen molar-refractivity contribution in [2.24, 2.45) is 5.84 Å². The van der Waals surface area contributed by atoms with Gasteiger partial charge in [0.15, 0.2) is 0 Å². The standard InChI is InChI=1S/C9H9IN2O2/c1-6(13)12(11)9(14)7-2-4-8(10)5-3-7/h2-5H,11H2,1H3. The molecule has 2 amide bonds. The van der Waals surface area contributed by atoms with Gasteiger partial charge in [-0.2, -0.15) is 0 Å². The number of hydrazine groups is 1. The molecular weight excluding hydrogens is 295 g/mol. The molecule has 0 saturated carbocycles. The first kappa shape index (κ1) is 11.1. The molecule has 74 valence electrons. The number of rotatable bonds is 1. The zero-order valence-electron chi connectivity index (χ0n) is 7.53. The molecule has 5 heteroatoms. The Labute approximate surface area is 95.2 Å². The van der Waals surface area contributed by atoms with Crippen molar-refractivity contribution in [2.45, 2.75) is 6.92 Å². The van der Waals surface area contributed by atoms with Gasteiger partial charge >= 0.3 is 0 Å². The fourth-order valence-electron chi connectivity index (χ4n) is 0.875. The Morgan fingerprint density at radius 3 is 2.21 bits per heavy atom. The second-order valence-corrected chi connectivity index (χ2v) is 3.95. The Hall–Kier alpha value is -0.950. The molecule has 0 spiro atoms. The molecule has 0 atom stereocenters. The molecule has 0 aliphatic carbocycles. The monoisotopic (exact) mass is 304 g/mol. The van der Waals surface area contributed by atoms with Gasteiger partial charge in [-0.25, -0.2) is 10.9 Å². The highest BCUT2D eigenvalue weighted by Crippen LogP contribution is 2.08. The minimum Gasteiger partial charge on any atom is -0.273 e. The summed E-state index contributed by atoms with van der Waals surface area (Å²) in [6.45, 7) is 1.24. The van der Waals surface area contributed by atoms with Crippen molar-refractivity contribution in [3.05, 3.63) is 33.4 Å². The van der Waals surface area contributed by atoms with Crippen LogP contribution in [0.5, 0.6) is 0 Å². The van der Waals surface area contributed by atoms with Crippen LogP contribution in [-0.2, 0) is 4.79 Å². The third-order valence-electron chi connectivity index (χ3n) is 1.65. The summed E-state index contributed by atoms with van der Waals surface area (Å²) in [5.74, 6) is 4.29. The summed E-state index contributed by atoms with van der Waals surface area (Å²) in [5, 5.41) is 0.599. The van der Waals surface area contributed by atoms with Gasteiger partial charge in [0.05, 0.1) is 0 Å². The molecule has 0 fully saturated rings. The van der Waals surface area contributed by atoms with E-state index in [1.165, 1.54) is 6.92 Å². The van der Waals surface area contributed by atoms with E-state index in [4.69, 9.17) is 5.84 Å². The first-order chi connectivity index (χ1) is 6.52. The molecule has 1 rings (SSSR count). The van der Waals surface area contributed by atoms with Crippen LogP contribution < -0.4 is 5.84 Å². The molecule has 0 unspecified atom stereocenters. The maximum absolute atomic E-state index is 11.5. The summed E-state index contributed by atoms with van der Waals surface area (Å²) < 4.78 is 1.02. The van der Waals surface area contributed by atoms with Gasteiger partial charge in [0.2, 0.25) is 5.91 Å². The van der Waals surface area contributed by atoms with Gasteiger partial charge in [0, 0.05) is 16.1 Å². The minimum atomic E-state index is -0.492. The molecule has 14 heavy (non-hydrogen) atoms. The average Bonchev–Trinajstić information content (AvgIpc) is 2.16. The predicted molar refractivity (Wildman–Crippen MR) is 60.2 cm³/mol. The minimum absolute atomic E-state index is 0.406. The number of nitrogens with zero attached hydrogens (tertiary/aromatic N) is 1. The quantitative estimate of drug-likeness (QED) is 0.366. The molecule has 4 nitrogen and oxygen atoms in total. The van der Waals surface area contributed by atoms with Crippen LogP contribution in [-0.4, -0.2) is 16.8 Å². The van der Waals surface area contributed by atoms with Gasteiger partial charge in [-0.05, 0) is 46.9 Å². The van der Waals surface area contributed by atoms with Crippen molar-refractivity contribution in [3.8, 4) is 0 Å². The van der Waals surface area contributed by atoms with E-state index in [0.29, 0.717) is 10.6 Å². The molecular formula is C9H9IN2O2. The number of nitrogens with two attached hydrogens (primary N) is 1. The smallest absolute Gasteiger partial charge is 0.273 e. The number of imide groups is 1. The zero-order chi connectivity index (χ0) is 10.7. The Morgan fingerprint density at radius 2 is 1.79 bits per heavy atom. The van der Waals surface area contributed by atoms with E-state index < -0.39 is 11.8 Å². The van der Waals surface area contributed by atoms with E-state index in [2.05, 4.69) is 22.6 Å². The van der Waals surface area contributed by atoms with Crippen molar-refractivity contribution < 1.29 is 9.59 Å². The third kappa shape index (κ3) is 2.52. The number of hydrogen-bond donors (Lipinski definition) is 1. The van der Waals surface area contributed by atoms with E-state index in [9.17, 15) is 9.59 Å². The average molecular weight is 304 g/mol. The molecule has 0 aliphatic rings. The Bertz CT molecular complexity index is 362. The highest BCUT2D eigenvalue weighted by Gasteiger charge is 2.15. The van der Waals surface area contributed by atoms with Gasteiger partial charge in [0.25, 0.3) is 5.91 Å². The second kappa shape index (κ2) is 4.52. The molecule has 2 N–H and O–H groups in total. The third-order valence-corrected chi connectivity index (χ3v) is 2.37. The molecule has 0 bridgehead atoms.